The van der Waals surface area contributed by atoms with Crippen LogP contribution in [0, 0.1) is 5.92 Å². The average Bonchev–Trinajstić information content (AvgIpc) is 3.62. The molecule has 1 unspecified atom stereocenters. The molecule has 3 aromatic rings. The van der Waals surface area contributed by atoms with Gasteiger partial charge < -0.3 is 19.9 Å². The SMILES string of the molecule is c1cc(C2(n3cc(-c4cncc(N5CCCC5)n4)nn3)COC2)ncc1N1CCCC(NCC2CCC2)C1. The van der Waals surface area contributed by atoms with E-state index in [4.69, 9.17) is 14.7 Å². The zero-order valence-corrected chi connectivity index (χ0v) is 22.0. The van der Waals surface area contributed by atoms with E-state index in [1.165, 1.54) is 57.2 Å². The molecule has 3 aliphatic heterocycles. The van der Waals surface area contributed by atoms with Gasteiger partial charge in [0.2, 0.25) is 0 Å². The number of hydrogen-bond acceptors (Lipinski definition) is 9. The van der Waals surface area contributed by atoms with Crippen molar-refractivity contribution in [3.63, 3.8) is 0 Å². The van der Waals surface area contributed by atoms with Gasteiger partial charge in [0, 0.05) is 32.2 Å². The fraction of sp³-hybridized carbons (Fsp3) is 0.607. The first-order valence-electron chi connectivity index (χ1n) is 14.3. The van der Waals surface area contributed by atoms with Crippen LogP contribution in [0.1, 0.15) is 50.6 Å². The Morgan fingerprint density at radius 3 is 2.53 bits per heavy atom. The number of anilines is 2. The smallest absolute Gasteiger partial charge is 0.152 e. The highest BCUT2D eigenvalue weighted by Crippen LogP contribution is 2.34. The maximum atomic E-state index is 5.69. The number of aromatic nitrogens is 6. The minimum absolute atomic E-state index is 0.446. The number of piperidine rings is 1. The quantitative estimate of drug-likeness (QED) is 0.486. The van der Waals surface area contributed by atoms with Crippen LogP contribution in [0.4, 0.5) is 11.5 Å². The first-order chi connectivity index (χ1) is 18.8. The minimum Gasteiger partial charge on any atom is -0.375 e. The predicted octanol–water partition coefficient (Wildman–Crippen LogP) is 2.86. The lowest BCUT2D eigenvalue weighted by Gasteiger charge is -2.41. The summed E-state index contributed by atoms with van der Waals surface area (Å²) in [4.78, 5) is 18.9. The lowest BCUT2D eigenvalue weighted by Crippen LogP contribution is -2.53. The van der Waals surface area contributed by atoms with E-state index in [0.717, 1.165) is 55.0 Å². The van der Waals surface area contributed by atoms with E-state index in [1.54, 1.807) is 6.20 Å². The van der Waals surface area contributed by atoms with Crippen molar-refractivity contribution < 1.29 is 4.74 Å². The Bertz CT molecular complexity index is 1230. The molecule has 0 bridgehead atoms. The molecule has 38 heavy (non-hydrogen) atoms. The van der Waals surface area contributed by atoms with Crippen molar-refractivity contribution in [3.8, 4) is 11.4 Å². The summed E-state index contributed by atoms with van der Waals surface area (Å²) < 4.78 is 7.59. The number of ether oxygens (including phenoxy) is 1. The largest absolute Gasteiger partial charge is 0.375 e. The molecule has 0 radical (unpaired) electrons. The molecule has 4 aliphatic rings. The highest BCUT2D eigenvalue weighted by Gasteiger charge is 2.45. The molecule has 6 heterocycles. The summed E-state index contributed by atoms with van der Waals surface area (Å²) in [7, 11) is 0. The van der Waals surface area contributed by atoms with Gasteiger partial charge in [-0.3, -0.25) is 9.97 Å². The monoisotopic (exact) mass is 515 g/mol. The third-order valence-corrected chi connectivity index (χ3v) is 8.86. The maximum absolute atomic E-state index is 5.69. The van der Waals surface area contributed by atoms with Crippen molar-refractivity contribution in [1.82, 2.24) is 35.3 Å². The van der Waals surface area contributed by atoms with Crippen molar-refractivity contribution in [3.05, 3.63) is 42.6 Å². The normalized spacial score (nSPS) is 23.3. The van der Waals surface area contributed by atoms with Crippen LogP contribution in [0.25, 0.3) is 11.4 Å². The molecule has 1 saturated carbocycles. The van der Waals surface area contributed by atoms with Crippen molar-refractivity contribution >= 4 is 11.5 Å². The minimum atomic E-state index is -0.446. The van der Waals surface area contributed by atoms with E-state index < -0.39 is 5.54 Å². The summed E-state index contributed by atoms with van der Waals surface area (Å²) in [6, 6.07) is 4.91. The molecule has 0 spiro atoms. The third kappa shape index (κ3) is 4.53. The van der Waals surface area contributed by atoms with E-state index in [9.17, 15) is 0 Å². The first kappa shape index (κ1) is 24.0. The molecule has 3 aromatic heterocycles. The second-order valence-corrected chi connectivity index (χ2v) is 11.4. The highest BCUT2D eigenvalue weighted by atomic mass is 16.5. The second-order valence-electron chi connectivity index (χ2n) is 11.4. The molecule has 3 saturated heterocycles. The molecule has 200 valence electrons. The first-order valence-corrected chi connectivity index (χ1v) is 14.3. The van der Waals surface area contributed by atoms with Gasteiger partial charge in [-0.2, -0.15) is 0 Å². The van der Waals surface area contributed by atoms with Gasteiger partial charge in [-0.05, 0) is 63.1 Å². The fourth-order valence-electron chi connectivity index (χ4n) is 6.12. The third-order valence-electron chi connectivity index (χ3n) is 8.86. The van der Waals surface area contributed by atoms with Gasteiger partial charge in [0.1, 0.15) is 17.2 Å². The van der Waals surface area contributed by atoms with Crippen molar-refractivity contribution in [1.29, 1.82) is 0 Å². The van der Waals surface area contributed by atoms with E-state index in [2.05, 4.69) is 42.5 Å². The second kappa shape index (κ2) is 10.2. The Hall–Kier alpha value is -3.11. The maximum Gasteiger partial charge on any atom is 0.152 e. The van der Waals surface area contributed by atoms with E-state index in [1.807, 2.05) is 23.3 Å². The number of hydrogen-bond donors (Lipinski definition) is 1. The van der Waals surface area contributed by atoms with E-state index in [0.29, 0.717) is 19.3 Å². The summed E-state index contributed by atoms with van der Waals surface area (Å²) >= 11 is 0. The standard InChI is InChI=1S/C28H37N9O/c1-2-11-35(10-1)27-16-29-15-24(32-27)25-18-37(34-33-25)28(19-38-20-28)26-9-8-23(14-31-26)36-12-4-7-22(17-36)30-13-21-5-3-6-21/h8-9,14-16,18,21-22,30H,1-7,10-13,17,19-20H2. The van der Waals surface area contributed by atoms with Crippen LogP contribution in [0.15, 0.2) is 36.9 Å². The summed E-state index contributed by atoms with van der Waals surface area (Å²) in [5.41, 5.74) is 3.16. The Labute approximate surface area is 223 Å². The van der Waals surface area contributed by atoms with E-state index in [-0.39, 0.29) is 0 Å². The summed E-state index contributed by atoms with van der Waals surface area (Å²) in [6.07, 6.45) is 16.6. The zero-order chi connectivity index (χ0) is 25.4. The van der Waals surface area contributed by atoms with Gasteiger partial charge >= 0.3 is 0 Å². The van der Waals surface area contributed by atoms with Crippen molar-refractivity contribution in [2.24, 2.45) is 5.92 Å². The molecule has 10 nitrogen and oxygen atoms in total. The molecule has 0 aromatic carbocycles. The molecule has 10 heteroatoms. The molecule has 1 N–H and O–H groups in total. The summed E-state index contributed by atoms with van der Waals surface area (Å²) in [5.74, 6) is 1.80. The Morgan fingerprint density at radius 2 is 1.79 bits per heavy atom. The summed E-state index contributed by atoms with van der Waals surface area (Å²) in [6.45, 7) is 6.42. The van der Waals surface area contributed by atoms with Crippen molar-refractivity contribution in [2.45, 2.75) is 56.5 Å². The number of nitrogens with zero attached hydrogens (tertiary/aromatic N) is 8. The number of pyridine rings is 1. The Kier molecular flexibility index (Phi) is 6.45. The molecule has 4 fully saturated rings. The van der Waals surface area contributed by atoms with Crippen LogP contribution >= 0.6 is 0 Å². The molecule has 1 aliphatic carbocycles. The molecule has 1 atom stereocenters. The van der Waals surface area contributed by atoms with Crippen LogP contribution in [0.2, 0.25) is 0 Å². The zero-order valence-electron chi connectivity index (χ0n) is 22.0. The molecular weight excluding hydrogens is 478 g/mol. The Morgan fingerprint density at radius 1 is 0.921 bits per heavy atom. The molecular formula is C28H37N9O. The van der Waals surface area contributed by atoms with Gasteiger partial charge in [0.05, 0.1) is 49.4 Å². The van der Waals surface area contributed by atoms with Gasteiger partial charge in [-0.1, -0.05) is 11.6 Å². The van der Waals surface area contributed by atoms with Gasteiger partial charge in [-0.15, -0.1) is 5.10 Å². The fourth-order valence-corrected chi connectivity index (χ4v) is 6.12. The van der Waals surface area contributed by atoms with Gasteiger partial charge in [0.25, 0.3) is 0 Å². The van der Waals surface area contributed by atoms with Crippen LogP contribution in [0.3, 0.4) is 0 Å². The van der Waals surface area contributed by atoms with E-state index >= 15 is 0 Å². The van der Waals surface area contributed by atoms with Crippen LogP contribution in [-0.4, -0.2) is 81.9 Å². The Balaban J connectivity index is 1.06. The predicted molar refractivity (Wildman–Crippen MR) is 145 cm³/mol. The lowest BCUT2D eigenvalue weighted by molar-refractivity contribution is -0.0851. The number of nitrogens with one attached hydrogen (secondary N) is 1. The van der Waals surface area contributed by atoms with Gasteiger partial charge in [0.15, 0.2) is 5.54 Å². The lowest BCUT2D eigenvalue weighted by atomic mass is 9.85. The van der Waals surface area contributed by atoms with Crippen LogP contribution in [-0.2, 0) is 10.3 Å². The highest BCUT2D eigenvalue weighted by molar-refractivity contribution is 5.55. The average molecular weight is 516 g/mol. The summed E-state index contributed by atoms with van der Waals surface area (Å²) in [5, 5.41) is 12.8. The molecule has 7 rings (SSSR count). The topological polar surface area (TPSA) is 97.1 Å². The number of rotatable bonds is 8. The molecule has 0 amide bonds. The van der Waals surface area contributed by atoms with Crippen molar-refractivity contribution in [2.75, 3.05) is 55.7 Å². The van der Waals surface area contributed by atoms with Crippen LogP contribution < -0.4 is 15.1 Å². The van der Waals surface area contributed by atoms with Crippen LogP contribution in [0.5, 0.6) is 0 Å². The van der Waals surface area contributed by atoms with Gasteiger partial charge in [-0.25, -0.2) is 9.67 Å².